The summed E-state index contributed by atoms with van der Waals surface area (Å²) < 4.78 is 23.4. The first-order valence-corrected chi connectivity index (χ1v) is 8.92. The largest absolute Gasteiger partial charge is 0.352 e. The van der Waals surface area contributed by atoms with Crippen LogP contribution >= 0.6 is 0 Å². The molecule has 0 amide bonds. The van der Waals surface area contributed by atoms with Crippen LogP contribution in [0.15, 0.2) is 18.3 Å². The van der Waals surface area contributed by atoms with Gasteiger partial charge in [-0.1, -0.05) is 13.0 Å². The molecule has 2 atom stereocenters. The first-order valence-electron chi connectivity index (χ1n) is 7.10. The van der Waals surface area contributed by atoms with Gasteiger partial charge in [-0.05, 0) is 26.5 Å². The van der Waals surface area contributed by atoms with Crippen LogP contribution in [-0.4, -0.2) is 44.0 Å². The van der Waals surface area contributed by atoms with Gasteiger partial charge in [-0.3, -0.25) is 0 Å². The molecule has 1 fully saturated rings. The minimum absolute atomic E-state index is 0.0313. The molecule has 0 aromatic carbocycles. The Hall–Kier alpha value is -1.14. The molecule has 0 bridgehead atoms. The molecule has 1 aliphatic heterocycles. The zero-order chi connectivity index (χ0) is 14.8. The lowest BCUT2D eigenvalue weighted by atomic mass is 10.1. The van der Waals surface area contributed by atoms with Crippen LogP contribution < -0.4 is 10.2 Å². The first kappa shape index (κ1) is 15.3. The lowest BCUT2D eigenvalue weighted by Gasteiger charge is -2.36. The fourth-order valence-electron chi connectivity index (χ4n) is 2.72. The van der Waals surface area contributed by atoms with Crippen LogP contribution in [0.5, 0.6) is 0 Å². The smallest absolute Gasteiger partial charge is 0.154 e. The summed E-state index contributed by atoms with van der Waals surface area (Å²) in [6.07, 6.45) is 1.77. The van der Waals surface area contributed by atoms with Crippen molar-refractivity contribution >= 4 is 15.7 Å². The van der Waals surface area contributed by atoms with E-state index in [4.69, 9.17) is 0 Å². The third-order valence-corrected chi connectivity index (χ3v) is 5.53. The van der Waals surface area contributed by atoms with Crippen LogP contribution in [0.2, 0.25) is 0 Å². The Morgan fingerprint density at radius 2 is 2.30 bits per heavy atom. The van der Waals surface area contributed by atoms with Gasteiger partial charge in [0.25, 0.3) is 0 Å². The summed E-state index contributed by atoms with van der Waals surface area (Å²) in [7, 11) is -2.90. The second-order valence-corrected chi connectivity index (χ2v) is 7.58. The third-order valence-electron chi connectivity index (χ3n) is 3.74. The number of rotatable bonds is 4. The quantitative estimate of drug-likeness (QED) is 0.909. The molecule has 5 nitrogen and oxygen atoms in total. The predicted octanol–water partition coefficient (Wildman–Crippen LogP) is 1.38. The molecule has 0 aliphatic carbocycles. The van der Waals surface area contributed by atoms with Crippen molar-refractivity contribution in [3.63, 3.8) is 0 Å². The number of pyridine rings is 1. The second-order valence-electron chi connectivity index (χ2n) is 5.35. The van der Waals surface area contributed by atoms with Crippen LogP contribution in [0.4, 0.5) is 5.82 Å². The number of nitrogens with zero attached hydrogens (tertiary/aromatic N) is 2. The van der Waals surface area contributed by atoms with E-state index in [1.165, 1.54) is 0 Å². The van der Waals surface area contributed by atoms with Gasteiger partial charge in [0, 0.05) is 30.4 Å². The Labute approximate surface area is 121 Å². The van der Waals surface area contributed by atoms with Gasteiger partial charge in [-0.15, -0.1) is 0 Å². The normalized spacial score (nSPS) is 23.6. The Morgan fingerprint density at radius 3 is 2.95 bits per heavy atom. The number of hydrogen-bond donors (Lipinski definition) is 1. The molecular formula is C14H23N3O2S. The number of hydrogen-bond acceptors (Lipinski definition) is 5. The van der Waals surface area contributed by atoms with Crippen LogP contribution in [-0.2, 0) is 9.84 Å². The number of anilines is 1. The lowest BCUT2D eigenvalue weighted by Crippen LogP contribution is -2.48. The van der Waals surface area contributed by atoms with E-state index >= 15 is 0 Å². The van der Waals surface area contributed by atoms with Gasteiger partial charge >= 0.3 is 0 Å². The third kappa shape index (κ3) is 3.30. The van der Waals surface area contributed by atoms with Crippen molar-refractivity contribution in [1.82, 2.24) is 10.3 Å². The Bertz CT molecular complexity index is 559. The van der Waals surface area contributed by atoms with E-state index in [9.17, 15) is 8.42 Å². The zero-order valence-electron chi connectivity index (χ0n) is 12.3. The van der Waals surface area contributed by atoms with Crippen molar-refractivity contribution in [1.29, 1.82) is 0 Å². The fraction of sp³-hybridized carbons (Fsp3) is 0.643. The summed E-state index contributed by atoms with van der Waals surface area (Å²) in [6.45, 7) is 7.54. The minimum atomic E-state index is -2.90. The van der Waals surface area contributed by atoms with E-state index in [2.05, 4.69) is 35.1 Å². The minimum Gasteiger partial charge on any atom is -0.352 e. The van der Waals surface area contributed by atoms with E-state index < -0.39 is 9.84 Å². The number of aromatic nitrogens is 1. The van der Waals surface area contributed by atoms with E-state index in [0.717, 1.165) is 17.9 Å². The summed E-state index contributed by atoms with van der Waals surface area (Å²) in [5, 5.41) is 3.39. The first-order chi connectivity index (χ1) is 9.44. The number of sulfone groups is 1. The number of nitrogens with one attached hydrogen (secondary N) is 1. The van der Waals surface area contributed by atoms with E-state index in [1.807, 2.05) is 13.0 Å². The summed E-state index contributed by atoms with van der Waals surface area (Å²) in [5.41, 5.74) is 1.13. The van der Waals surface area contributed by atoms with Crippen LogP contribution in [0, 0.1) is 0 Å². The molecule has 2 heterocycles. The summed E-state index contributed by atoms with van der Waals surface area (Å²) in [6, 6.07) is 4.16. The molecule has 112 valence electrons. The van der Waals surface area contributed by atoms with E-state index in [-0.39, 0.29) is 23.6 Å². The summed E-state index contributed by atoms with van der Waals surface area (Å²) in [4.78, 5) is 6.61. The van der Waals surface area contributed by atoms with Crippen LogP contribution in [0.3, 0.4) is 0 Å². The topological polar surface area (TPSA) is 62.3 Å². The highest BCUT2D eigenvalue weighted by atomic mass is 32.2. The highest BCUT2D eigenvalue weighted by Gasteiger charge is 2.30. The highest BCUT2D eigenvalue weighted by molar-refractivity contribution is 7.91. The molecular weight excluding hydrogens is 274 g/mol. The summed E-state index contributed by atoms with van der Waals surface area (Å²) in [5.74, 6) is 1.32. The van der Waals surface area contributed by atoms with Crippen molar-refractivity contribution in [2.75, 3.05) is 29.5 Å². The SMILES string of the molecule is CCNC(C)c1cccnc1N1CCS(=O)(=O)CC1C. The average molecular weight is 297 g/mol. The van der Waals surface area contributed by atoms with Crippen molar-refractivity contribution in [3.05, 3.63) is 23.9 Å². The van der Waals surface area contributed by atoms with Gasteiger partial charge in [0.2, 0.25) is 0 Å². The lowest BCUT2D eigenvalue weighted by molar-refractivity contribution is 0.560. The standard InChI is InChI=1S/C14H23N3O2S/c1-4-15-12(3)13-6-5-7-16-14(13)17-8-9-20(18,19)10-11(17)2/h5-7,11-12,15H,4,8-10H2,1-3H3. The zero-order valence-corrected chi connectivity index (χ0v) is 13.2. The van der Waals surface area contributed by atoms with E-state index in [1.54, 1.807) is 6.20 Å². The maximum absolute atomic E-state index is 11.7. The highest BCUT2D eigenvalue weighted by Crippen LogP contribution is 2.27. The molecule has 20 heavy (non-hydrogen) atoms. The second kappa shape index (κ2) is 6.10. The van der Waals surface area contributed by atoms with Crippen LogP contribution in [0.25, 0.3) is 0 Å². The maximum atomic E-state index is 11.7. The molecule has 0 radical (unpaired) electrons. The van der Waals surface area contributed by atoms with Crippen molar-refractivity contribution in [2.45, 2.75) is 32.9 Å². The Morgan fingerprint density at radius 1 is 1.55 bits per heavy atom. The monoisotopic (exact) mass is 297 g/mol. The fourth-order valence-corrected chi connectivity index (χ4v) is 4.27. The molecule has 2 unspecified atom stereocenters. The van der Waals surface area contributed by atoms with Gasteiger partial charge < -0.3 is 10.2 Å². The molecule has 1 saturated heterocycles. The average Bonchev–Trinajstić information content (AvgIpc) is 2.38. The van der Waals surface area contributed by atoms with E-state index in [0.29, 0.717) is 6.54 Å². The van der Waals surface area contributed by atoms with Gasteiger partial charge in [-0.2, -0.15) is 0 Å². The van der Waals surface area contributed by atoms with Gasteiger partial charge in [0.05, 0.1) is 11.5 Å². The summed E-state index contributed by atoms with van der Waals surface area (Å²) >= 11 is 0. The molecule has 0 spiro atoms. The molecule has 6 heteroatoms. The maximum Gasteiger partial charge on any atom is 0.154 e. The molecule has 1 aliphatic rings. The van der Waals surface area contributed by atoms with Crippen molar-refractivity contribution in [3.8, 4) is 0 Å². The Balaban J connectivity index is 2.29. The molecule has 0 saturated carbocycles. The van der Waals surface area contributed by atoms with Crippen LogP contribution in [0.1, 0.15) is 32.4 Å². The van der Waals surface area contributed by atoms with Gasteiger partial charge in [-0.25, -0.2) is 13.4 Å². The molecule has 1 aromatic rings. The molecule has 2 rings (SSSR count). The Kier molecular flexibility index (Phi) is 4.65. The predicted molar refractivity (Wildman–Crippen MR) is 81.8 cm³/mol. The van der Waals surface area contributed by atoms with Gasteiger partial charge in [0.15, 0.2) is 9.84 Å². The van der Waals surface area contributed by atoms with Crippen molar-refractivity contribution < 1.29 is 8.42 Å². The molecule has 1 N–H and O–H groups in total. The van der Waals surface area contributed by atoms with Crippen molar-refractivity contribution in [2.24, 2.45) is 0 Å². The van der Waals surface area contributed by atoms with Gasteiger partial charge in [0.1, 0.15) is 5.82 Å². The molecule has 1 aromatic heterocycles.